The second kappa shape index (κ2) is 13.9. The Hall–Kier alpha value is -1.98. The molecule has 0 aliphatic carbocycles. The highest BCUT2D eigenvalue weighted by Crippen LogP contribution is 2.37. The third-order valence-corrected chi connectivity index (χ3v) is 6.66. The number of esters is 1. The van der Waals surface area contributed by atoms with Crippen molar-refractivity contribution in [1.29, 1.82) is 0 Å². The molecule has 0 bridgehead atoms. The predicted molar refractivity (Wildman–Crippen MR) is 130 cm³/mol. The molecular weight excluding hydrogens is 528 g/mol. The van der Waals surface area contributed by atoms with E-state index in [1.165, 1.54) is 6.07 Å². The minimum absolute atomic E-state index is 0.0410. The molecular formula is C23H25Cl2F3N2O4S. The number of carbonyl (C=O) groups excluding carboxylic acids is 2. The minimum atomic E-state index is -4.69. The SMILES string of the molecule is COC(=O)c1ccc(SCC(=O)NCCCN(CCO)Cc2ccc(Cl)c(Cl)c2)c(C(F)(F)F)c1. The van der Waals surface area contributed by atoms with Crippen LogP contribution in [-0.2, 0) is 22.3 Å². The molecule has 0 radical (unpaired) electrons. The molecule has 0 spiro atoms. The lowest BCUT2D eigenvalue weighted by atomic mass is 10.1. The highest BCUT2D eigenvalue weighted by atomic mass is 35.5. The molecule has 0 aliphatic heterocycles. The van der Waals surface area contributed by atoms with Crippen LogP contribution >= 0.6 is 35.0 Å². The monoisotopic (exact) mass is 552 g/mol. The predicted octanol–water partition coefficient (Wildman–Crippen LogP) is 4.89. The maximum atomic E-state index is 13.4. The van der Waals surface area contributed by atoms with E-state index < -0.39 is 23.6 Å². The van der Waals surface area contributed by atoms with Crippen molar-refractivity contribution in [1.82, 2.24) is 10.2 Å². The number of aliphatic hydroxyl groups is 1. The summed E-state index contributed by atoms with van der Waals surface area (Å²) in [5.41, 5.74) is -0.297. The van der Waals surface area contributed by atoms with Gasteiger partial charge in [-0.25, -0.2) is 4.79 Å². The van der Waals surface area contributed by atoms with Gasteiger partial charge in [0.1, 0.15) is 0 Å². The molecule has 0 aromatic heterocycles. The van der Waals surface area contributed by atoms with Gasteiger partial charge in [0.15, 0.2) is 0 Å². The zero-order valence-corrected chi connectivity index (χ0v) is 21.2. The Balaban J connectivity index is 1.85. The molecule has 2 N–H and O–H groups in total. The Morgan fingerprint density at radius 3 is 2.49 bits per heavy atom. The summed E-state index contributed by atoms with van der Waals surface area (Å²) >= 11 is 12.7. The highest BCUT2D eigenvalue weighted by Gasteiger charge is 2.34. The molecule has 0 saturated carbocycles. The number of hydrogen-bond donors (Lipinski definition) is 2. The lowest BCUT2D eigenvalue weighted by Crippen LogP contribution is -2.32. The van der Waals surface area contributed by atoms with Gasteiger partial charge in [0.25, 0.3) is 0 Å². The Morgan fingerprint density at radius 1 is 1.11 bits per heavy atom. The Labute approximate surface area is 215 Å². The summed E-state index contributed by atoms with van der Waals surface area (Å²) in [7, 11) is 1.08. The molecule has 2 rings (SSSR count). The number of methoxy groups -OCH3 is 1. The lowest BCUT2D eigenvalue weighted by Gasteiger charge is -2.21. The average molecular weight is 553 g/mol. The van der Waals surface area contributed by atoms with Crippen LogP contribution in [-0.4, -0.2) is 61.0 Å². The van der Waals surface area contributed by atoms with E-state index in [0.29, 0.717) is 42.6 Å². The maximum Gasteiger partial charge on any atom is 0.417 e. The Kier molecular flexibility index (Phi) is 11.6. The molecule has 6 nitrogen and oxygen atoms in total. The molecule has 0 atom stereocenters. The van der Waals surface area contributed by atoms with Crippen LogP contribution in [0.5, 0.6) is 0 Å². The van der Waals surface area contributed by atoms with Crippen molar-refractivity contribution in [3.8, 4) is 0 Å². The smallest absolute Gasteiger partial charge is 0.417 e. The number of rotatable bonds is 12. The summed E-state index contributed by atoms with van der Waals surface area (Å²) in [5.74, 6) is -1.51. The average Bonchev–Trinajstić information content (AvgIpc) is 2.81. The number of hydrogen-bond acceptors (Lipinski definition) is 6. The van der Waals surface area contributed by atoms with Gasteiger partial charge in [0.2, 0.25) is 5.91 Å². The summed E-state index contributed by atoms with van der Waals surface area (Å²) in [6, 6.07) is 8.38. The maximum absolute atomic E-state index is 13.4. The van der Waals surface area contributed by atoms with Crippen molar-refractivity contribution in [2.45, 2.75) is 24.0 Å². The largest absolute Gasteiger partial charge is 0.465 e. The molecule has 1 amide bonds. The van der Waals surface area contributed by atoms with E-state index >= 15 is 0 Å². The molecule has 192 valence electrons. The van der Waals surface area contributed by atoms with Gasteiger partial charge in [-0.15, -0.1) is 11.8 Å². The molecule has 0 heterocycles. The van der Waals surface area contributed by atoms with Crippen LogP contribution in [0.15, 0.2) is 41.3 Å². The topological polar surface area (TPSA) is 78.9 Å². The summed E-state index contributed by atoms with van der Waals surface area (Å²) in [4.78, 5) is 25.5. The summed E-state index contributed by atoms with van der Waals surface area (Å²) < 4.78 is 44.7. The number of ether oxygens (including phenoxy) is 1. The third-order valence-electron chi connectivity index (χ3n) is 4.84. The molecule has 0 fully saturated rings. The van der Waals surface area contributed by atoms with Crippen LogP contribution < -0.4 is 5.32 Å². The number of benzene rings is 2. The highest BCUT2D eigenvalue weighted by molar-refractivity contribution is 8.00. The summed E-state index contributed by atoms with van der Waals surface area (Å²) in [6.07, 6.45) is -4.12. The summed E-state index contributed by atoms with van der Waals surface area (Å²) in [6.45, 7) is 1.80. The van der Waals surface area contributed by atoms with Crippen LogP contribution in [0, 0.1) is 0 Å². The fraction of sp³-hybridized carbons (Fsp3) is 0.391. The standard InChI is InChI=1S/C23H25Cl2F3N2O4S/c1-34-22(33)16-4-6-20(17(12-16)23(26,27)28)35-14-21(32)29-7-2-8-30(9-10-31)13-15-3-5-18(24)19(25)11-15/h3-6,11-12,31H,2,7-10,13-14H2,1H3,(H,29,32). The zero-order chi connectivity index (χ0) is 26.0. The number of thioether (sulfide) groups is 1. The second-order valence-electron chi connectivity index (χ2n) is 7.44. The van der Waals surface area contributed by atoms with E-state index in [1.807, 2.05) is 11.0 Å². The zero-order valence-electron chi connectivity index (χ0n) is 18.8. The number of aliphatic hydroxyl groups excluding tert-OH is 1. The Morgan fingerprint density at radius 2 is 1.86 bits per heavy atom. The number of halogens is 5. The molecule has 0 unspecified atom stereocenters. The van der Waals surface area contributed by atoms with Crippen molar-refractivity contribution < 1.29 is 32.6 Å². The van der Waals surface area contributed by atoms with Crippen molar-refractivity contribution in [2.75, 3.05) is 39.1 Å². The molecule has 2 aromatic rings. The van der Waals surface area contributed by atoms with E-state index in [1.54, 1.807) is 12.1 Å². The first-order chi connectivity index (χ1) is 16.5. The fourth-order valence-corrected chi connectivity index (χ4v) is 4.36. The lowest BCUT2D eigenvalue weighted by molar-refractivity contribution is -0.139. The van der Waals surface area contributed by atoms with Crippen molar-refractivity contribution >= 4 is 46.8 Å². The van der Waals surface area contributed by atoms with E-state index in [0.717, 1.165) is 36.6 Å². The number of nitrogens with zero attached hydrogens (tertiary/aromatic N) is 1. The van der Waals surface area contributed by atoms with Crippen LogP contribution in [0.25, 0.3) is 0 Å². The van der Waals surface area contributed by atoms with Gasteiger partial charge in [-0.1, -0.05) is 29.3 Å². The fourth-order valence-electron chi connectivity index (χ4n) is 3.15. The van der Waals surface area contributed by atoms with Gasteiger partial charge in [-0.3, -0.25) is 9.69 Å². The first-order valence-corrected chi connectivity index (χ1v) is 12.3. The second-order valence-corrected chi connectivity index (χ2v) is 9.27. The van der Waals surface area contributed by atoms with Crippen molar-refractivity contribution in [3.05, 3.63) is 63.1 Å². The van der Waals surface area contributed by atoms with Gasteiger partial charge in [0, 0.05) is 31.1 Å². The number of alkyl halides is 3. The number of nitrogens with one attached hydrogen (secondary N) is 1. The van der Waals surface area contributed by atoms with Crippen molar-refractivity contribution in [3.63, 3.8) is 0 Å². The summed E-state index contributed by atoms with van der Waals surface area (Å²) in [5, 5.41) is 12.9. The van der Waals surface area contributed by atoms with E-state index in [4.69, 9.17) is 23.2 Å². The molecule has 0 aliphatic rings. The van der Waals surface area contributed by atoms with E-state index in [2.05, 4.69) is 10.1 Å². The van der Waals surface area contributed by atoms with Crippen LogP contribution in [0.2, 0.25) is 10.0 Å². The van der Waals surface area contributed by atoms with Crippen LogP contribution in [0.1, 0.15) is 27.9 Å². The van der Waals surface area contributed by atoms with Gasteiger partial charge in [-0.2, -0.15) is 13.2 Å². The quantitative estimate of drug-likeness (QED) is 0.222. The number of amides is 1. The normalized spacial score (nSPS) is 11.5. The first-order valence-electron chi connectivity index (χ1n) is 10.5. The van der Waals surface area contributed by atoms with Gasteiger partial charge >= 0.3 is 12.1 Å². The first kappa shape index (κ1) is 29.3. The van der Waals surface area contributed by atoms with Crippen molar-refractivity contribution in [2.24, 2.45) is 0 Å². The van der Waals surface area contributed by atoms with Crippen LogP contribution in [0.3, 0.4) is 0 Å². The molecule has 2 aromatic carbocycles. The Bertz CT molecular complexity index is 1020. The van der Waals surface area contributed by atoms with Gasteiger partial charge in [-0.05, 0) is 42.3 Å². The molecule has 0 saturated heterocycles. The molecule has 35 heavy (non-hydrogen) atoms. The minimum Gasteiger partial charge on any atom is -0.465 e. The van der Waals surface area contributed by atoms with Gasteiger partial charge in [0.05, 0.1) is 40.6 Å². The molecule has 12 heteroatoms. The van der Waals surface area contributed by atoms with Crippen LogP contribution in [0.4, 0.5) is 13.2 Å². The van der Waals surface area contributed by atoms with Gasteiger partial charge < -0.3 is 15.2 Å². The number of carbonyl (C=O) groups is 2. The van der Waals surface area contributed by atoms with E-state index in [-0.39, 0.29) is 22.8 Å². The third kappa shape index (κ3) is 9.53. The van der Waals surface area contributed by atoms with E-state index in [9.17, 15) is 27.9 Å².